The highest BCUT2D eigenvalue weighted by Crippen LogP contribution is 2.30. The van der Waals surface area contributed by atoms with Gasteiger partial charge in [-0.05, 0) is 22.0 Å². The molecule has 2 amide bonds. The summed E-state index contributed by atoms with van der Waals surface area (Å²) in [6.45, 7) is 0.549. The fourth-order valence-electron chi connectivity index (χ4n) is 1.70. The van der Waals surface area contributed by atoms with E-state index in [-0.39, 0.29) is 40.2 Å². The Kier molecular flexibility index (Phi) is 4.82. The van der Waals surface area contributed by atoms with E-state index in [1.165, 1.54) is 11.0 Å². The van der Waals surface area contributed by atoms with Crippen molar-refractivity contribution in [2.45, 2.75) is 0 Å². The van der Waals surface area contributed by atoms with Crippen molar-refractivity contribution in [1.29, 1.82) is 0 Å². The number of nitrogens with zero attached hydrogens (tertiary/aromatic N) is 1. The third kappa shape index (κ3) is 3.61. The van der Waals surface area contributed by atoms with Crippen molar-refractivity contribution < 1.29 is 18.7 Å². The van der Waals surface area contributed by atoms with Gasteiger partial charge in [-0.2, -0.15) is 0 Å². The van der Waals surface area contributed by atoms with Crippen LogP contribution in [0.25, 0.3) is 0 Å². The van der Waals surface area contributed by atoms with Gasteiger partial charge < -0.3 is 15.0 Å². The molecular formula is C12H11BrClFN2O3. The normalized spacial score (nSPS) is 14.9. The molecule has 0 aliphatic carbocycles. The fourth-order valence-corrected chi connectivity index (χ4v) is 2.39. The summed E-state index contributed by atoms with van der Waals surface area (Å²) in [6.07, 6.45) is 0. The molecule has 0 radical (unpaired) electrons. The minimum atomic E-state index is -0.533. The largest absolute Gasteiger partial charge is 0.482 e. The van der Waals surface area contributed by atoms with E-state index in [1.807, 2.05) is 0 Å². The summed E-state index contributed by atoms with van der Waals surface area (Å²) in [5, 5.41) is 2.81. The molecule has 1 aromatic rings. The van der Waals surface area contributed by atoms with Crippen molar-refractivity contribution in [3.63, 3.8) is 0 Å². The van der Waals surface area contributed by atoms with Gasteiger partial charge in [-0.15, -0.1) is 0 Å². The second-order valence-electron chi connectivity index (χ2n) is 4.15. The van der Waals surface area contributed by atoms with Crippen LogP contribution in [0.1, 0.15) is 0 Å². The van der Waals surface area contributed by atoms with Gasteiger partial charge in [0.05, 0.1) is 16.0 Å². The molecule has 5 nitrogen and oxygen atoms in total. The molecule has 2 rings (SSSR count). The lowest BCUT2D eigenvalue weighted by Gasteiger charge is -2.26. The van der Waals surface area contributed by atoms with Crippen LogP contribution in [0.3, 0.4) is 0 Å². The maximum absolute atomic E-state index is 13.4. The fraction of sp³-hybridized carbons (Fsp3) is 0.333. The van der Waals surface area contributed by atoms with E-state index in [9.17, 15) is 14.0 Å². The van der Waals surface area contributed by atoms with E-state index in [1.54, 1.807) is 0 Å². The van der Waals surface area contributed by atoms with Gasteiger partial charge in [0.1, 0.15) is 11.6 Å². The van der Waals surface area contributed by atoms with Gasteiger partial charge in [-0.3, -0.25) is 9.59 Å². The Hall–Kier alpha value is -1.34. The first-order chi connectivity index (χ1) is 9.47. The Labute approximate surface area is 128 Å². The molecule has 0 bridgehead atoms. The number of nitrogens with one attached hydrogen (secondary N) is 1. The highest BCUT2D eigenvalue weighted by atomic mass is 79.9. The molecule has 8 heteroatoms. The molecule has 0 spiro atoms. The number of carbonyl (C=O) groups is 2. The predicted molar refractivity (Wildman–Crippen MR) is 74.2 cm³/mol. The molecule has 1 aliphatic rings. The van der Waals surface area contributed by atoms with Crippen LogP contribution in [0, 0.1) is 5.82 Å². The van der Waals surface area contributed by atoms with E-state index in [4.69, 9.17) is 16.3 Å². The zero-order chi connectivity index (χ0) is 14.7. The summed E-state index contributed by atoms with van der Waals surface area (Å²) >= 11 is 8.88. The summed E-state index contributed by atoms with van der Waals surface area (Å²) in [5.41, 5.74) is 0. The van der Waals surface area contributed by atoms with E-state index >= 15 is 0 Å². The second-order valence-corrected chi connectivity index (χ2v) is 5.41. The Bertz CT molecular complexity index is 556. The standard InChI is InChI=1S/C12H11BrClFN2O3/c13-7-3-8(14)10(4-9(7)15)20-6-12(19)17-2-1-16-11(18)5-17/h3-4H,1-2,5-6H2,(H,16,18). The van der Waals surface area contributed by atoms with Crippen LogP contribution in [0.15, 0.2) is 16.6 Å². The summed E-state index contributed by atoms with van der Waals surface area (Å²) in [4.78, 5) is 24.4. The molecule has 0 atom stereocenters. The molecule has 1 heterocycles. The summed E-state index contributed by atoms with van der Waals surface area (Å²) < 4.78 is 18.8. The third-order valence-corrected chi connectivity index (χ3v) is 3.62. The van der Waals surface area contributed by atoms with Crippen LogP contribution in [0.5, 0.6) is 5.75 Å². The first-order valence-corrected chi connectivity index (χ1v) is 6.96. The number of rotatable bonds is 3. The Morgan fingerprint density at radius 3 is 3.00 bits per heavy atom. The van der Waals surface area contributed by atoms with Crippen molar-refractivity contribution in [1.82, 2.24) is 10.2 Å². The highest BCUT2D eigenvalue weighted by Gasteiger charge is 2.21. The lowest BCUT2D eigenvalue weighted by atomic mass is 10.3. The van der Waals surface area contributed by atoms with Gasteiger partial charge in [-0.25, -0.2) is 4.39 Å². The van der Waals surface area contributed by atoms with E-state index in [0.717, 1.165) is 6.07 Å². The van der Waals surface area contributed by atoms with E-state index in [2.05, 4.69) is 21.2 Å². The van der Waals surface area contributed by atoms with Crippen molar-refractivity contribution in [3.8, 4) is 5.75 Å². The number of halogens is 3. The van der Waals surface area contributed by atoms with Gasteiger partial charge in [0.15, 0.2) is 6.61 Å². The maximum Gasteiger partial charge on any atom is 0.261 e. The maximum atomic E-state index is 13.4. The van der Waals surface area contributed by atoms with Crippen LogP contribution in [-0.4, -0.2) is 43.0 Å². The average Bonchev–Trinajstić information content (AvgIpc) is 2.41. The van der Waals surface area contributed by atoms with E-state index in [0.29, 0.717) is 13.1 Å². The molecule has 1 fully saturated rings. The van der Waals surface area contributed by atoms with Crippen LogP contribution < -0.4 is 10.1 Å². The summed E-state index contributed by atoms with van der Waals surface area (Å²) in [6, 6.07) is 2.45. The van der Waals surface area contributed by atoms with Crippen molar-refractivity contribution in [2.24, 2.45) is 0 Å². The monoisotopic (exact) mass is 364 g/mol. The average molecular weight is 366 g/mol. The zero-order valence-electron chi connectivity index (χ0n) is 10.3. The number of ether oxygens (including phenoxy) is 1. The quantitative estimate of drug-likeness (QED) is 0.828. The molecule has 0 aromatic heterocycles. The van der Waals surface area contributed by atoms with Gasteiger partial charge in [0.25, 0.3) is 5.91 Å². The van der Waals surface area contributed by atoms with Gasteiger partial charge in [0.2, 0.25) is 5.91 Å². The number of carbonyl (C=O) groups excluding carboxylic acids is 2. The van der Waals surface area contributed by atoms with Gasteiger partial charge in [0, 0.05) is 19.2 Å². The van der Waals surface area contributed by atoms with E-state index < -0.39 is 5.82 Å². The van der Waals surface area contributed by atoms with Crippen LogP contribution in [0.4, 0.5) is 4.39 Å². The zero-order valence-corrected chi connectivity index (χ0v) is 12.6. The molecule has 0 saturated carbocycles. The number of hydrogen-bond donors (Lipinski definition) is 1. The Morgan fingerprint density at radius 2 is 2.30 bits per heavy atom. The lowest BCUT2D eigenvalue weighted by Crippen LogP contribution is -2.51. The van der Waals surface area contributed by atoms with Crippen molar-refractivity contribution in [3.05, 3.63) is 27.4 Å². The lowest BCUT2D eigenvalue weighted by molar-refractivity contribution is -0.139. The second kappa shape index (κ2) is 6.41. The number of piperazine rings is 1. The minimum Gasteiger partial charge on any atom is -0.482 e. The minimum absolute atomic E-state index is 0.00459. The van der Waals surface area contributed by atoms with Crippen LogP contribution in [-0.2, 0) is 9.59 Å². The third-order valence-electron chi connectivity index (χ3n) is 2.72. The Balaban J connectivity index is 1.96. The van der Waals surface area contributed by atoms with Gasteiger partial charge >= 0.3 is 0 Å². The molecule has 1 aromatic carbocycles. The number of hydrogen-bond acceptors (Lipinski definition) is 3. The summed E-state index contributed by atoms with van der Waals surface area (Å²) in [5.74, 6) is -1.01. The van der Waals surface area contributed by atoms with Crippen molar-refractivity contribution >= 4 is 39.3 Å². The molecule has 1 saturated heterocycles. The molecule has 20 heavy (non-hydrogen) atoms. The SMILES string of the molecule is O=C1CN(C(=O)COc2cc(F)c(Br)cc2Cl)CCN1. The first-order valence-electron chi connectivity index (χ1n) is 5.79. The van der Waals surface area contributed by atoms with Crippen molar-refractivity contribution in [2.75, 3.05) is 26.2 Å². The highest BCUT2D eigenvalue weighted by molar-refractivity contribution is 9.10. The first kappa shape index (κ1) is 15.1. The Morgan fingerprint density at radius 1 is 1.55 bits per heavy atom. The molecular weight excluding hydrogens is 354 g/mol. The molecule has 108 valence electrons. The molecule has 0 unspecified atom stereocenters. The topological polar surface area (TPSA) is 58.6 Å². The number of benzene rings is 1. The van der Waals surface area contributed by atoms with Gasteiger partial charge in [-0.1, -0.05) is 11.6 Å². The molecule has 1 aliphatic heterocycles. The number of amides is 2. The predicted octanol–water partition coefficient (Wildman–Crippen LogP) is 1.58. The van der Waals surface area contributed by atoms with Crippen LogP contribution in [0.2, 0.25) is 5.02 Å². The summed E-state index contributed by atoms with van der Waals surface area (Å²) in [7, 11) is 0. The molecule has 1 N–H and O–H groups in total. The smallest absolute Gasteiger partial charge is 0.261 e. The van der Waals surface area contributed by atoms with Crippen LogP contribution >= 0.6 is 27.5 Å².